The molecule has 2 N–H and O–H groups in total. The Hall–Kier alpha value is -2.43. The van der Waals surface area contributed by atoms with Gasteiger partial charge >= 0.3 is 12.8 Å². The number of carbonyl (C=O) groups excluding carboxylic acids is 1. The number of halogens is 6. The Morgan fingerprint density at radius 1 is 1.35 bits per heavy atom. The predicted molar refractivity (Wildman–Crippen MR) is 67.4 cm³/mol. The second-order valence-corrected chi connectivity index (χ2v) is 4.41. The van der Waals surface area contributed by atoms with E-state index in [-0.39, 0.29) is 10.7 Å². The molecule has 0 aliphatic heterocycles. The molecule has 2 aromatic rings. The van der Waals surface area contributed by atoms with Crippen LogP contribution in [0.3, 0.4) is 0 Å². The van der Waals surface area contributed by atoms with Crippen molar-refractivity contribution in [3.8, 4) is 5.88 Å². The van der Waals surface area contributed by atoms with E-state index in [2.05, 4.69) is 20.1 Å². The number of nitrogens with one attached hydrogen (secondary N) is 2. The van der Waals surface area contributed by atoms with E-state index in [1.54, 1.807) is 5.10 Å². The van der Waals surface area contributed by atoms with Crippen LogP contribution in [0.15, 0.2) is 18.5 Å². The Bertz CT molecular complexity index is 719. The Kier molecular flexibility index (Phi) is 4.68. The van der Waals surface area contributed by atoms with E-state index in [9.17, 15) is 26.7 Å². The van der Waals surface area contributed by atoms with E-state index in [1.807, 2.05) is 0 Å². The molecule has 0 aliphatic rings. The maximum atomic E-state index is 12.6. The zero-order chi connectivity index (χ0) is 17.2. The fraction of sp³-hybridized carbons (Fsp3) is 0.182. The topological polar surface area (TPSA) is 79.9 Å². The van der Waals surface area contributed by atoms with Crippen molar-refractivity contribution >= 4 is 23.2 Å². The monoisotopic (exact) mass is 356 g/mol. The molecule has 0 atom stereocenters. The van der Waals surface area contributed by atoms with Gasteiger partial charge in [0.05, 0.1) is 23.6 Å². The number of anilines is 1. The highest BCUT2D eigenvalue weighted by Crippen LogP contribution is 2.31. The van der Waals surface area contributed by atoms with Crippen LogP contribution in [-0.2, 0) is 6.18 Å². The highest BCUT2D eigenvalue weighted by Gasteiger charge is 2.37. The van der Waals surface area contributed by atoms with Crippen molar-refractivity contribution in [2.24, 2.45) is 0 Å². The summed E-state index contributed by atoms with van der Waals surface area (Å²) in [4.78, 5) is 15.3. The van der Waals surface area contributed by atoms with Gasteiger partial charge in [0.2, 0.25) is 5.88 Å². The number of aromatic amines is 1. The normalized spacial score (nSPS) is 11.6. The van der Waals surface area contributed by atoms with Gasteiger partial charge in [0, 0.05) is 0 Å². The lowest BCUT2D eigenvalue weighted by Gasteiger charge is -2.09. The lowest BCUT2D eigenvalue weighted by molar-refractivity contribution is -0.141. The van der Waals surface area contributed by atoms with Crippen LogP contribution in [0.25, 0.3) is 0 Å². The molecule has 2 heterocycles. The first kappa shape index (κ1) is 16.9. The van der Waals surface area contributed by atoms with E-state index in [4.69, 9.17) is 11.6 Å². The molecule has 0 aliphatic carbocycles. The highest BCUT2D eigenvalue weighted by molar-refractivity contribution is 6.32. The van der Waals surface area contributed by atoms with E-state index in [0.29, 0.717) is 6.20 Å². The van der Waals surface area contributed by atoms with Gasteiger partial charge in [-0.15, -0.1) is 0 Å². The number of pyridine rings is 1. The zero-order valence-corrected chi connectivity index (χ0v) is 11.5. The van der Waals surface area contributed by atoms with Gasteiger partial charge in [-0.1, -0.05) is 11.6 Å². The Morgan fingerprint density at radius 3 is 2.61 bits per heavy atom. The molecule has 23 heavy (non-hydrogen) atoms. The van der Waals surface area contributed by atoms with Crippen LogP contribution in [-0.4, -0.2) is 27.7 Å². The number of alkyl halides is 5. The number of carbonyl (C=O) groups is 1. The number of hydrogen-bond acceptors (Lipinski definition) is 4. The van der Waals surface area contributed by atoms with Crippen molar-refractivity contribution in [2.45, 2.75) is 12.8 Å². The molecule has 1 amide bonds. The van der Waals surface area contributed by atoms with Gasteiger partial charge in [-0.2, -0.15) is 27.1 Å². The molecule has 0 bridgehead atoms. The summed E-state index contributed by atoms with van der Waals surface area (Å²) in [6.07, 6.45) is -3.20. The molecule has 124 valence electrons. The van der Waals surface area contributed by atoms with Gasteiger partial charge in [0.1, 0.15) is 5.02 Å². The number of aromatic nitrogens is 3. The van der Waals surface area contributed by atoms with Crippen LogP contribution >= 0.6 is 11.6 Å². The lowest BCUT2D eigenvalue weighted by Crippen LogP contribution is -2.18. The van der Waals surface area contributed by atoms with Crippen molar-refractivity contribution in [2.75, 3.05) is 5.32 Å². The zero-order valence-electron chi connectivity index (χ0n) is 10.8. The van der Waals surface area contributed by atoms with E-state index < -0.39 is 35.8 Å². The fourth-order valence-corrected chi connectivity index (χ4v) is 1.75. The summed E-state index contributed by atoms with van der Waals surface area (Å²) in [6.45, 7) is -3.15. The molecule has 0 spiro atoms. The minimum atomic E-state index is -4.80. The number of H-pyrrole nitrogens is 1. The summed E-state index contributed by atoms with van der Waals surface area (Å²) in [5.41, 5.74) is -2.19. The molecule has 0 aromatic carbocycles. The second kappa shape index (κ2) is 6.36. The highest BCUT2D eigenvalue weighted by atomic mass is 35.5. The third-order valence-electron chi connectivity index (χ3n) is 2.43. The number of hydrogen-bond donors (Lipinski definition) is 2. The first-order valence-electron chi connectivity index (χ1n) is 5.70. The molecule has 0 unspecified atom stereocenters. The second-order valence-electron chi connectivity index (χ2n) is 4.00. The third-order valence-corrected chi connectivity index (χ3v) is 2.70. The molecule has 0 saturated heterocycles. The molecule has 12 heteroatoms. The molecule has 0 saturated carbocycles. The summed E-state index contributed by atoms with van der Waals surface area (Å²) in [5, 5.41) is 6.57. The van der Waals surface area contributed by atoms with Gasteiger partial charge in [-0.3, -0.25) is 9.89 Å². The Labute approximate surface area is 129 Å². The first-order valence-corrected chi connectivity index (χ1v) is 6.08. The van der Waals surface area contributed by atoms with Gasteiger partial charge in [0.15, 0.2) is 5.69 Å². The summed E-state index contributed by atoms with van der Waals surface area (Å²) in [6, 6.07) is 0.998. The van der Waals surface area contributed by atoms with Crippen molar-refractivity contribution in [3.05, 3.63) is 34.7 Å². The third kappa shape index (κ3) is 4.06. The molecule has 0 fully saturated rings. The lowest BCUT2D eigenvalue weighted by atomic mass is 10.2. The number of rotatable bonds is 4. The summed E-state index contributed by atoms with van der Waals surface area (Å²) >= 11 is 5.62. The molecule has 2 rings (SSSR count). The van der Waals surface area contributed by atoms with Gasteiger partial charge in [0.25, 0.3) is 5.91 Å². The number of nitrogens with zero attached hydrogens (tertiary/aromatic N) is 2. The van der Waals surface area contributed by atoms with Crippen molar-refractivity contribution in [1.82, 2.24) is 15.2 Å². The molecular formula is C11H6ClF5N4O2. The number of ether oxygens (including phenoxy) is 1. The molecular weight excluding hydrogens is 351 g/mol. The van der Waals surface area contributed by atoms with Crippen molar-refractivity contribution < 1.29 is 31.5 Å². The van der Waals surface area contributed by atoms with Gasteiger partial charge in [-0.05, 0) is 6.07 Å². The predicted octanol–water partition coefficient (Wildman–Crippen LogP) is 3.33. The number of amides is 1. The van der Waals surface area contributed by atoms with Crippen LogP contribution in [0.1, 0.15) is 16.1 Å². The SMILES string of the molecule is O=C(Nc1cnc(OC(F)F)c(Cl)c1)c1cn[nH]c1C(F)(F)F. The fourth-order valence-electron chi connectivity index (χ4n) is 1.54. The largest absolute Gasteiger partial charge is 0.433 e. The summed E-state index contributed by atoms with van der Waals surface area (Å²) < 4.78 is 66.0. The van der Waals surface area contributed by atoms with E-state index in [0.717, 1.165) is 12.3 Å². The van der Waals surface area contributed by atoms with Crippen molar-refractivity contribution in [1.29, 1.82) is 0 Å². The van der Waals surface area contributed by atoms with E-state index in [1.165, 1.54) is 0 Å². The average molecular weight is 357 g/mol. The molecule has 0 radical (unpaired) electrons. The van der Waals surface area contributed by atoms with Crippen LogP contribution in [0, 0.1) is 0 Å². The van der Waals surface area contributed by atoms with Crippen LogP contribution in [0.4, 0.5) is 27.6 Å². The van der Waals surface area contributed by atoms with Gasteiger partial charge in [-0.25, -0.2) is 4.98 Å². The maximum Gasteiger partial charge on any atom is 0.433 e. The Morgan fingerprint density at radius 2 is 2.04 bits per heavy atom. The minimum absolute atomic E-state index is 0.115. The smallest absolute Gasteiger partial charge is 0.415 e. The van der Waals surface area contributed by atoms with E-state index >= 15 is 0 Å². The maximum absolute atomic E-state index is 12.6. The minimum Gasteiger partial charge on any atom is -0.415 e. The van der Waals surface area contributed by atoms with Crippen LogP contribution in [0.5, 0.6) is 5.88 Å². The quantitative estimate of drug-likeness (QED) is 0.823. The summed E-state index contributed by atoms with van der Waals surface area (Å²) in [5.74, 6) is -1.72. The first-order chi connectivity index (χ1) is 10.7. The average Bonchev–Trinajstić information content (AvgIpc) is 2.91. The molecule has 2 aromatic heterocycles. The standard InChI is InChI=1S/C11H6ClF5N4O2/c12-6-1-4(2-18-9(6)23-10(13)14)20-8(22)5-3-19-21-7(5)11(15,16)17/h1-3,10H,(H,19,21)(H,20,22). The van der Waals surface area contributed by atoms with Crippen LogP contribution in [0.2, 0.25) is 5.02 Å². The summed E-state index contributed by atoms with van der Waals surface area (Å²) in [7, 11) is 0. The van der Waals surface area contributed by atoms with Gasteiger partial charge < -0.3 is 10.1 Å². The van der Waals surface area contributed by atoms with Crippen molar-refractivity contribution in [3.63, 3.8) is 0 Å². The van der Waals surface area contributed by atoms with Crippen LogP contribution < -0.4 is 10.1 Å². The molecule has 6 nitrogen and oxygen atoms in total. The Balaban J connectivity index is 2.18.